The molecule has 3 rings (SSSR count). The summed E-state index contributed by atoms with van der Waals surface area (Å²) in [6.45, 7) is 0. The Morgan fingerprint density at radius 3 is 2.57 bits per heavy atom. The van der Waals surface area contributed by atoms with Crippen LogP contribution in [0.2, 0.25) is 0 Å². The van der Waals surface area contributed by atoms with Crippen LogP contribution in [0.4, 0.5) is 0 Å². The van der Waals surface area contributed by atoms with Crippen LogP contribution in [0.15, 0.2) is 18.2 Å². The van der Waals surface area contributed by atoms with E-state index < -0.39 is 0 Å². The Morgan fingerprint density at radius 1 is 1.17 bits per heavy atom. The first-order chi connectivity index (χ1) is 11.1. The van der Waals surface area contributed by atoms with Gasteiger partial charge in [0.1, 0.15) is 17.6 Å². The number of ketones is 1. The van der Waals surface area contributed by atoms with E-state index in [1.807, 2.05) is 0 Å². The Labute approximate surface area is 135 Å². The lowest BCUT2D eigenvalue weighted by atomic mass is 9.77. The monoisotopic (exact) mass is 318 g/mol. The molecule has 1 unspecified atom stereocenters. The number of benzene rings is 1. The van der Waals surface area contributed by atoms with Gasteiger partial charge >= 0.3 is 5.97 Å². The van der Waals surface area contributed by atoms with E-state index >= 15 is 0 Å². The largest absolute Gasteiger partial charge is 0.497 e. The molecular formula is C18H22O5. The fourth-order valence-corrected chi connectivity index (χ4v) is 3.61. The second-order valence-corrected chi connectivity index (χ2v) is 6.28. The number of esters is 1. The lowest BCUT2D eigenvalue weighted by Crippen LogP contribution is -2.36. The number of hydrogen-bond donors (Lipinski definition) is 0. The van der Waals surface area contributed by atoms with E-state index in [4.69, 9.17) is 14.2 Å². The molecule has 0 spiro atoms. The highest BCUT2D eigenvalue weighted by Gasteiger charge is 2.36. The van der Waals surface area contributed by atoms with Gasteiger partial charge in [0.25, 0.3) is 0 Å². The highest BCUT2D eigenvalue weighted by atomic mass is 16.5. The Balaban J connectivity index is 1.69. The normalized spacial score (nSPS) is 26.9. The molecule has 1 fully saturated rings. The van der Waals surface area contributed by atoms with Gasteiger partial charge in [-0.15, -0.1) is 0 Å². The number of ether oxygens (including phenoxy) is 3. The molecule has 5 nitrogen and oxygen atoms in total. The fourth-order valence-electron chi connectivity index (χ4n) is 3.61. The van der Waals surface area contributed by atoms with E-state index in [0.717, 1.165) is 25.7 Å². The number of Topliss-reactive ketones (excluding diaryl/α,β-unsaturated/α-hetero) is 1. The van der Waals surface area contributed by atoms with Crippen molar-refractivity contribution in [3.8, 4) is 11.5 Å². The zero-order chi connectivity index (χ0) is 16.4. The molecule has 1 aromatic carbocycles. The molecule has 0 radical (unpaired) electrons. The van der Waals surface area contributed by atoms with E-state index in [9.17, 15) is 9.59 Å². The van der Waals surface area contributed by atoms with Crippen molar-refractivity contribution in [3.05, 3.63) is 23.8 Å². The van der Waals surface area contributed by atoms with Crippen LogP contribution in [0.1, 0.15) is 42.5 Å². The van der Waals surface area contributed by atoms with Gasteiger partial charge in [-0.05, 0) is 43.7 Å². The van der Waals surface area contributed by atoms with Crippen LogP contribution in [0.25, 0.3) is 0 Å². The predicted molar refractivity (Wildman–Crippen MR) is 83.8 cm³/mol. The summed E-state index contributed by atoms with van der Waals surface area (Å²) in [5.74, 6) is 1.59. The first kappa shape index (κ1) is 15.8. The molecule has 1 aliphatic carbocycles. The van der Waals surface area contributed by atoms with E-state index in [1.165, 1.54) is 7.11 Å². The van der Waals surface area contributed by atoms with Gasteiger partial charge in [0.15, 0.2) is 5.78 Å². The highest BCUT2D eigenvalue weighted by Crippen LogP contribution is 2.38. The van der Waals surface area contributed by atoms with Gasteiger partial charge in [0.05, 0.1) is 25.7 Å². The van der Waals surface area contributed by atoms with Gasteiger partial charge in [-0.2, -0.15) is 0 Å². The molecule has 1 aliphatic heterocycles. The molecule has 1 aromatic rings. The molecule has 0 saturated heterocycles. The summed E-state index contributed by atoms with van der Waals surface area (Å²) in [5, 5.41) is 0. The van der Waals surface area contributed by atoms with Crippen molar-refractivity contribution < 1.29 is 23.8 Å². The summed E-state index contributed by atoms with van der Waals surface area (Å²) in [6, 6.07) is 5.32. The van der Waals surface area contributed by atoms with E-state index in [0.29, 0.717) is 29.4 Å². The summed E-state index contributed by atoms with van der Waals surface area (Å²) < 4.78 is 16.1. The minimum atomic E-state index is -0.126. The summed E-state index contributed by atoms with van der Waals surface area (Å²) in [7, 11) is 3.03. The van der Waals surface area contributed by atoms with Gasteiger partial charge in [0, 0.05) is 12.5 Å². The third kappa shape index (κ3) is 3.19. The topological polar surface area (TPSA) is 61.8 Å². The molecule has 0 N–H and O–H groups in total. The van der Waals surface area contributed by atoms with Crippen molar-refractivity contribution in [1.29, 1.82) is 0 Å². The van der Waals surface area contributed by atoms with Gasteiger partial charge in [0.2, 0.25) is 0 Å². The number of carbonyl (C=O) groups is 2. The molecule has 0 aromatic heterocycles. The SMILES string of the molecule is COC(=O)C1CCC(C2CC(=O)c3ccc(OC)cc3O2)CC1. The van der Waals surface area contributed by atoms with E-state index in [1.54, 1.807) is 25.3 Å². The Kier molecular flexibility index (Phi) is 4.55. The fraction of sp³-hybridized carbons (Fsp3) is 0.556. The zero-order valence-corrected chi connectivity index (χ0v) is 13.5. The minimum Gasteiger partial charge on any atom is -0.497 e. The van der Waals surface area contributed by atoms with Crippen molar-refractivity contribution in [2.45, 2.75) is 38.2 Å². The first-order valence-corrected chi connectivity index (χ1v) is 8.08. The van der Waals surface area contributed by atoms with Gasteiger partial charge in [-0.25, -0.2) is 0 Å². The average molecular weight is 318 g/mol. The summed E-state index contributed by atoms with van der Waals surface area (Å²) in [4.78, 5) is 24.0. The van der Waals surface area contributed by atoms with Crippen LogP contribution < -0.4 is 9.47 Å². The predicted octanol–water partition coefficient (Wildman–Crippen LogP) is 3.01. The van der Waals surface area contributed by atoms with Crippen LogP contribution in [0, 0.1) is 11.8 Å². The third-order valence-electron chi connectivity index (χ3n) is 4.99. The van der Waals surface area contributed by atoms with Gasteiger partial charge < -0.3 is 14.2 Å². The van der Waals surface area contributed by atoms with Crippen LogP contribution >= 0.6 is 0 Å². The lowest BCUT2D eigenvalue weighted by Gasteiger charge is -2.35. The van der Waals surface area contributed by atoms with Crippen LogP contribution in [-0.4, -0.2) is 32.1 Å². The molecule has 23 heavy (non-hydrogen) atoms. The molecule has 1 saturated carbocycles. The quantitative estimate of drug-likeness (QED) is 0.802. The molecular weight excluding hydrogens is 296 g/mol. The van der Waals surface area contributed by atoms with Crippen LogP contribution in [-0.2, 0) is 9.53 Å². The van der Waals surface area contributed by atoms with Crippen molar-refractivity contribution >= 4 is 11.8 Å². The van der Waals surface area contributed by atoms with E-state index in [-0.39, 0.29) is 23.8 Å². The summed E-state index contributed by atoms with van der Waals surface area (Å²) in [6.07, 6.45) is 3.67. The van der Waals surface area contributed by atoms with Gasteiger partial charge in [-0.3, -0.25) is 9.59 Å². The Morgan fingerprint density at radius 2 is 1.91 bits per heavy atom. The third-order valence-corrected chi connectivity index (χ3v) is 4.99. The summed E-state index contributed by atoms with van der Waals surface area (Å²) >= 11 is 0. The Bertz CT molecular complexity index is 601. The summed E-state index contributed by atoms with van der Waals surface area (Å²) in [5.41, 5.74) is 0.630. The van der Waals surface area contributed by atoms with Crippen molar-refractivity contribution in [2.75, 3.05) is 14.2 Å². The smallest absolute Gasteiger partial charge is 0.308 e. The molecule has 2 aliphatic rings. The van der Waals surface area contributed by atoms with Gasteiger partial charge in [-0.1, -0.05) is 0 Å². The molecule has 124 valence electrons. The Hall–Kier alpha value is -2.04. The average Bonchev–Trinajstić information content (AvgIpc) is 2.60. The van der Waals surface area contributed by atoms with Crippen LogP contribution in [0.3, 0.4) is 0 Å². The van der Waals surface area contributed by atoms with E-state index in [2.05, 4.69) is 0 Å². The van der Waals surface area contributed by atoms with Crippen LogP contribution in [0.5, 0.6) is 11.5 Å². The maximum absolute atomic E-state index is 12.4. The number of rotatable bonds is 3. The molecule has 1 atom stereocenters. The second kappa shape index (κ2) is 6.60. The second-order valence-electron chi connectivity index (χ2n) is 6.28. The molecule has 1 heterocycles. The zero-order valence-electron chi connectivity index (χ0n) is 13.5. The molecule has 0 amide bonds. The number of carbonyl (C=O) groups excluding carboxylic acids is 2. The highest BCUT2D eigenvalue weighted by molar-refractivity contribution is 6.00. The minimum absolute atomic E-state index is 0.0112. The maximum atomic E-state index is 12.4. The number of methoxy groups -OCH3 is 2. The lowest BCUT2D eigenvalue weighted by molar-refractivity contribution is -0.147. The van der Waals surface area contributed by atoms with Crippen molar-refractivity contribution in [1.82, 2.24) is 0 Å². The first-order valence-electron chi connectivity index (χ1n) is 8.08. The number of hydrogen-bond acceptors (Lipinski definition) is 5. The number of fused-ring (bicyclic) bond motifs is 1. The molecule has 5 heteroatoms. The maximum Gasteiger partial charge on any atom is 0.308 e. The van der Waals surface area contributed by atoms with Crippen molar-refractivity contribution in [2.24, 2.45) is 11.8 Å². The standard InChI is InChI=1S/C18H22O5/c1-21-13-7-8-14-15(19)10-16(23-17(14)9-13)11-3-5-12(6-4-11)18(20)22-2/h7-9,11-12,16H,3-6,10H2,1-2H3. The van der Waals surface area contributed by atoms with Crippen molar-refractivity contribution in [3.63, 3.8) is 0 Å². The molecule has 0 bridgehead atoms.